The Balaban J connectivity index is 1.55. The first kappa shape index (κ1) is 16.8. The molecule has 0 bridgehead atoms. The number of piperidine rings is 1. The van der Waals surface area contributed by atoms with Crippen LogP contribution in [0.3, 0.4) is 0 Å². The first-order valence-electron chi connectivity index (χ1n) is 8.87. The number of hydrogen-bond acceptors (Lipinski definition) is 3. The zero-order chi connectivity index (χ0) is 17.5. The van der Waals surface area contributed by atoms with Crippen LogP contribution < -0.4 is 0 Å². The molecule has 0 aromatic heterocycles. The summed E-state index contributed by atoms with van der Waals surface area (Å²) in [6, 6.07) is 17.0. The number of benzene rings is 2. The molecular weight excluding hydrogens is 334 g/mol. The Kier molecular flexibility index (Phi) is 4.18. The van der Waals surface area contributed by atoms with Crippen molar-refractivity contribution in [2.75, 3.05) is 13.1 Å². The number of rotatable bonds is 4. The molecule has 1 aliphatic carbocycles. The molecule has 132 valence electrons. The lowest BCUT2D eigenvalue weighted by molar-refractivity contribution is 0.0514. The van der Waals surface area contributed by atoms with Gasteiger partial charge < -0.3 is 5.11 Å². The molecule has 2 aromatic carbocycles. The number of nitrogens with zero attached hydrogens (tertiary/aromatic N) is 1. The van der Waals surface area contributed by atoms with E-state index in [2.05, 4.69) is 0 Å². The maximum absolute atomic E-state index is 13.0. The van der Waals surface area contributed by atoms with Gasteiger partial charge >= 0.3 is 0 Å². The standard InChI is InChI=1S/C20H23NO3S/c22-20(12-13-20)18-7-4-14-21(15-18)25(23,24)19-10-8-17(9-11-19)16-5-2-1-3-6-16/h1-3,5-6,8-11,18,22H,4,7,12-15H2. The van der Waals surface area contributed by atoms with Crippen LogP contribution in [-0.4, -0.2) is 36.5 Å². The fourth-order valence-electron chi connectivity index (χ4n) is 3.73. The van der Waals surface area contributed by atoms with Gasteiger partial charge in [-0.05, 0) is 48.9 Å². The van der Waals surface area contributed by atoms with Gasteiger partial charge in [-0.25, -0.2) is 8.42 Å². The molecule has 1 aliphatic heterocycles. The zero-order valence-corrected chi connectivity index (χ0v) is 15.0. The van der Waals surface area contributed by atoms with E-state index in [9.17, 15) is 13.5 Å². The van der Waals surface area contributed by atoms with E-state index in [0.29, 0.717) is 18.0 Å². The van der Waals surface area contributed by atoms with E-state index in [1.165, 1.54) is 0 Å². The molecule has 1 N–H and O–H groups in total. The zero-order valence-electron chi connectivity index (χ0n) is 14.1. The molecule has 1 heterocycles. The van der Waals surface area contributed by atoms with Gasteiger partial charge in [-0.2, -0.15) is 4.31 Å². The fraction of sp³-hybridized carbons (Fsp3) is 0.400. The highest BCUT2D eigenvalue weighted by atomic mass is 32.2. The molecule has 0 radical (unpaired) electrons. The molecule has 1 saturated heterocycles. The quantitative estimate of drug-likeness (QED) is 0.914. The molecule has 4 nitrogen and oxygen atoms in total. The number of hydrogen-bond donors (Lipinski definition) is 1. The molecule has 0 spiro atoms. The second-order valence-corrected chi connectivity index (χ2v) is 9.13. The highest BCUT2D eigenvalue weighted by Gasteiger charge is 2.49. The van der Waals surface area contributed by atoms with Gasteiger partial charge in [0.05, 0.1) is 10.5 Å². The first-order chi connectivity index (χ1) is 12.0. The molecular formula is C20H23NO3S. The van der Waals surface area contributed by atoms with E-state index in [0.717, 1.165) is 36.8 Å². The number of sulfonamides is 1. The summed E-state index contributed by atoms with van der Waals surface area (Å²) < 4.78 is 27.5. The van der Waals surface area contributed by atoms with Crippen molar-refractivity contribution in [1.82, 2.24) is 4.31 Å². The Hall–Kier alpha value is -1.69. The second-order valence-electron chi connectivity index (χ2n) is 7.20. The summed E-state index contributed by atoms with van der Waals surface area (Å²) in [6.07, 6.45) is 3.33. The van der Waals surface area contributed by atoms with Crippen LogP contribution in [0.15, 0.2) is 59.5 Å². The van der Waals surface area contributed by atoms with Gasteiger partial charge in [-0.1, -0.05) is 42.5 Å². The van der Waals surface area contributed by atoms with Gasteiger partial charge in [-0.15, -0.1) is 0 Å². The summed E-state index contributed by atoms with van der Waals surface area (Å²) in [5.41, 5.74) is 1.45. The van der Waals surface area contributed by atoms with E-state index in [-0.39, 0.29) is 5.92 Å². The Morgan fingerprint density at radius 3 is 2.24 bits per heavy atom. The molecule has 1 unspecified atom stereocenters. The molecule has 1 saturated carbocycles. The maximum Gasteiger partial charge on any atom is 0.243 e. The van der Waals surface area contributed by atoms with Crippen molar-refractivity contribution < 1.29 is 13.5 Å². The maximum atomic E-state index is 13.0. The van der Waals surface area contributed by atoms with E-state index in [1.54, 1.807) is 16.4 Å². The Morgan fingerprint density at radius 2 is 1.60 bits per heavy atom. The van der Waals surface area contributed by atoms with E-state index >= 15 is 0 Å². The molecule has 2 aromatic rings. The van der Waals surface area contributed by atoms with Crippen molar-refractivity contribution in [3.05, 3.63) is 54.6 Å². The Labute approximate surface area is 149 Å². The average molecular weight is 357 g/mol. The average Bonchev–Trinajstić information content (AvgIpc) is 3.41. The SMILES string of the molecule is O=S(=O)(c1ccc(-c2ccccc2)cc1)N1CCCC(C2(O)CC2)C1. The highest BCUT2D eigenvalue weighted by Crippen LogP contribution is 2.46. The summed E-state index contributed by atoms with van der Waals surface area (Å²) in [5.74, 6) is 0.0691. The van der Waals surface area contributed by atoms with Crippen molar-refractivity contribution in [2.45, 2.75) is 36.2 Å². The lowest BCUT2D eigenvalue weighted by Crippen LogP contribution is -2.44. The minimum absolute atomic E-state index is 0.0691. The van der Waals surface area contributed by atoms with Gasteiger partial charge in [0.15, 0.2) is 0 Å². The third-order valence-corrected chi connectivity index (χ3v) is 7.38. The third kappa shape index (κ3) is 3.24. The number of aliphatic hydroxyl groups is 1. The topological polar surface area (TPSA) is 57.6 Å². The van der Waals surface area contributed by atoms with Gasteiger partial charge in [0.2, 0.25) is 10.0 Å². The minimum Gasteiger partial charge on any atom is -0.390 e. The van der Waals surface area contributed by atoms with Crippen molar-refractivity contribution in [1.29, 1.82) is 0 Å². The molecule has 0 amide bonds. The highest BCUT2D eigenvalue weighted by molar-refractivity contribution is 7.89. The lowest BCUT2D eigenvalue weighted by Gasteiger charge is -2.34. The second kappa shape index (κ2) is 6.24. The Morgan fingerprint density at radius 1 is 0.960 bits per heavy atom. The van der Waals surface area contributed by atoms with Gasteiger partial charge in [0.25, 0.3) is 0 Å². The molecule has 4 rings (SSSR count). The van der Waals surface area contributed by atoms with Crippen LogP contribution >= 0.6 is 0 Å². The van der Waals surface area contributed by atoms with Crippen molar-refractivity contribution >= 4 is 10.0 Å². The first-order valence-corrected chi connectivity index (χ1v) is 10.3. The molecule has 5 heteroatoms. The van der Waals surface area contributed by atoms with Gasteiger partial charge in [-0.3, -0.25) is 0 Å². The summed E-state index contributed by atoms with van der Waals surface area (Å²) in [6.45, 7) is 0.967. The van der Waals surface area contributed by atoms with Crippen LogP contribution in [0.25, 0.3) is 11.1 Å². The van der Waals surface area contributed by atoms with Gasteiger partial charge in [0, 0.05) is 19.0 Å². The van der Waals surface area contributed by atoms with E-state index in [4.69, 9.17) is 0 Å². The summed E-state index contributed by atoms with van der Waals surface area (Å²) in [5, 5.41) is 10.3. The monoisotopic (exact) mass is 357 g/mol. The van der Waals surface area contributed by atoms with Crippen molar-refractivity contribution in [2.24, 2.45) is 5.92 Å². The molecule has 1 atom stereocenters. The molecule has 2 fully saturated rings. The van der Waals surface area contributed by atoms with E-state index in [1.807, 2.05) is 42.5 Å². The van der Waals surface area contributed by atoms with Crippen LogP contribution in [-0.2, 0) is 10.0 Å². The van der Waals surface area contributed by atoms with E-state index < -0.39 is 15.6 Å². The molecule has 25 heavy (non-hydrogen) atoms. The fourth-order valence-corrected chi connectivity index (χ4v) is 5.26. The van der Waals surface area contributed by atoms with Crippen LogP contribution in [0.1, 0.15) is 25.7 Å². The summed E-state index contributed by atoms with van der Waals surface area (Å²) in [4.78, 5) is 0.329. The summed E-state index contributed by atoms with van der Waals surface area (Å²) >= 11 is 0. The smallest absolute Gasteiger partial charge is 0.243 e. The normalized spacial score (nSPS) is 23.3. The van der Waals surface area contributed by atoms with Gasteiger partial charge in [0.1, 0.15) is 0 Å². The van der Waals surface area contributed by atoms with Crippen LogP contribution in [0.4, 0.5) is 0 Å². The van der Waals surface area contributed by atoms with Crippen molar-refractivity contribution in [3.8, 4) is 11.1 Å². The van der Waals surface area contributed by atoms with Crippen LogP contribution in [0.5, 0.6) is 0 Å². The lowest BCUT2D eigenvalue weighted by atomic mass is 9.92. The summed E-state index contributed by atoms with van der Waals surface area (Å²) in [7, 11) is -3.50. The molecule has 2 aliphatic rings. The predicted octanol–water partition coefficient (Wildman–Crippen LogP) is 3.28. The predicted molar refractivity (Wildman–Crippen MR) is 97.5 cm³/mol. The minimum atomic E-state index is -3.50. The van der Waals surface area contributed by atoms with Crippen molar-refractivity contribution in [3.63, 3.8) is 0 Å². The largest absolute Gasteiger partial charge is 0.390 e. The Bertz CT molecular complexity index is 842. The van der Waals surface area contributed by atoms with Crippen LogP contribution in [0, 0.1) is 5.92 Å². The third-order valence-electron chi connectivity index (χ3n) is 5.51. The van der Waals surface area contributed by atoms with Crippen LogP contribution in [0.2, 0.25) is 0 Å².